The molecule has 0 spiro atoms. The van der Waals surface area contributed by atoms with Gasteiger partial charge in [0.1, 0.15) is 0 Å². The standard InChI is InChI=1S/C19H30N4O2S.HI/c1-20-19(21-13-12-17-8-4-2-5-9-17)22-14-15-26(24,25)23-16-18-10-6-3-7-11-18;/h3,6-8,10-11,23H,2,4-5,9,12-16H2,1H3,(H2,20,21,22);1H. The number of sulfonamides is 1. The van der Waals surface area contributed by atoms with Crippen LogP contribution in [0.2, 0.25) is 0 Å². The average Bonchev–Trinajstić information content (AvgIpc) is 2.67. The summed E-state index contributed by atoms with van der Waals surface area (Å²) in [7, 11) is -1.63. The van der Waals surface area contributed by atoms with E-state index in [9.17, 15) is 8.42 Å². The molecule has 3 N–H and O–H groups in total. The van der Waals surface area contributed by atoms with E-state index in [1.54, 1.807) is 7.05 Å². The molecule has 0 unspecified atom stereocenters. The van der Waals surface area contributed by atoms with Crippen LogP contribution in [0.1, 0.15) is 37.7 Å². The second kappa shape index (κ2) is 13.1. The number of halogens is 1. The van der Waals surface area contributed by atoms with E-state index in [4.69, 9.17) is 0 Å². The predicted octanol–water partition coefficient (Wildman–Crippen LogP) is 2.78. The summed E-state index contributed by atoms with van der Waals surface area (Å²) in [6.07, 6.45) is 8.32. The average molecular weight is 506 g/mol. The van der Waals surface area contributed by atoms with Gasteiger partial charge in [-0.3, -0.25) is 4.99 Å². The maximum Gasteiger partial charge on any atom is 0.213 e. The summed E-state index contributed by atoms with van der Waals surface area (Å²) in [6, 6.07) is 9.49. The Morgan fingerprint density at radius 3 is 2.52 bits per heavy atom. The number of guanidine groups is 1. The molecule has 0 saturated carbocycles. The van der Waals surface area contributed by atoms with Gasteiger partial charge in [0.25, 0.3) is 0 Å². The SMILES string of the molecule is CN=C(NCCC1=CCCCC1)NCCS(=O)(=O)NCc1ccccc1.I. The molecular formula is C19H31IN4O2S. The lowest BCUT2D eigenvalue weighted by atomic mass is 9.97. The first-order valence-corrected chi connectivity index (χ1v) is 10.9. The van der Waals surface area contributed by atoms with Crippen LogP contribution in [0, 0.1) is 0 Å². The Balaban J connectivity index is 0.00000364. The van der Waals surface area contributed by atoms with Gasteiger partial charge >= 0.3 is 0 Å². The molecule has 1 aliphatic rings. The first-order valence-electron chi connectivity index (χ1n) is 9.23. The van der Waals surface area contributed by atoms with Crippen molar-refractivity contribution in [3.8, 4) is 0 Å². The Kier molecular flexibility index (Phi) is 11.6. The van der Waals surface area contributed by atoms with E-state index < -0.39 is 10.0 Å². The molecule has 152 valence electrons. The van der Waals surface area contributed by atoms with Crippen molar-refractivity contribution in [2.45, 2.75) is 38.6 Å². The molecule has 0 heterocycles. The third-order valence-electron chi connectivity index (χ3n) is 4.35. The van der Waals surface area contributed by atoms with Crippen LogP contribution in [-0.2, 0) is 16.6 Å². The summed E-state index contributed by atoms with van der Waals surface area (Å²) in [5.41, 5.74) is 2.45. The van der Waals surface area contributed by atoms with Crippen molar-refractivity contribution in [1.29, 1.82) is 0 Å². The van der Waals surface area contributed by atoms with Crippen LogP contribution in [0.5, 0.6) is 0 Å². The van der Waals surface area contributed by atoms with Gasteiger partial charge in [-0.25, -0.2) is 13.1 Å². The van der Waals surface area contributed by atoms with Gasteiger partial charge in [0.2, 0.25) is 10.0 Å². The van der Waals surface area contributed by atoms with Crippen LogP contribution in [0.15, 0.2) is 47.0 Å². The molecule has 0 aromatic heterocycles. The topological polar surface area (TPSA) is 82.6 Å². The summed E-state index contributed by atoms with van der Waals surface area (Å²) < 4.78 is 26.8. The summed E-state index contributed by atoms with van der Waals surface area (Å²) in [4.78, 5) is 4.14. The van der Waals surface area contributed by atoms with Gasteiger partial charge in [-0.15, -0.1) is 24.0 Å². The van der Waals surface area contributed by atoms with Crippen molar-refractivity contribution in [2.75, 3.05) is 25.9 Å². The molecule has 0 bridgehead atoms. The van der Waals surface area contributed by atoms with Crippen LogP contribution in [0.4, 0.5) is 0 Å². The molecule has 0 amide bonds. The Morgan fingerprint density at radius 1 is 1.11 bits per heavy atom. The van der Waals surface area contributed by atoms with Crippen molar-refractivity contribution >= 4 is 40.0 Å². The van der Waals surface area contributed by atoms with Crippen molar-refractivity contribution in [3.05, 3.63) is 47.5 Å². The predicted molar refractivity (Wildman–Crippen MR) is 123 cm³/mol. The Labute approximate surface area is 180 Å². The summed E-state index contributed by atoms with van der Waals surface area (Å²) >= 11 is 0. The zero-order valence-corrected chi connectivity index (χ0v) is 19.1. The monoisotopic (exact) mass is 506 g/mol. The highest BCUT2D eigenvalue weighted by Crippen LogP contribution is 2.19. The first-order chi connectivity index (χ1) is 12.6. The zero-order valence-electron chi connectivity index (χ0n) is 15.9. The molecule has 0 aliphatic heterocycles. The van der Waals surface area contributed by atoms with Crippen LogP contribution in [-0.4, -0.2) is 40.3 Å². The van der Waals surface area contributed by atoms with E-state index in [1.807, 2.05) is 30.3 Å². The summed E-state index contributed by atoms with van der Waals surface area (Å²) in [5.74, 6) is 0.644. The summed E-state index contributed by atoms with van der Waals surface area (Å²) in [5, 5.41) is 6.31. The number of nitrogens with one attached hydrogen (secondary N) is 3. The number of hydrogen-bond acceptors (Lipinski definition) is 3. The van der Waals surface area contributed by atoms with Crippen molar-refractivity contribution in [3.63, 3.8) is 0 Å². The second-order valence-corrected chi connectivity index (χ2v) is 8.34. The van der Waals surface area contributed by atoms with Crippen molar-refractivity contribution in [1.82, 2.24) is 15.4 Å². The van der Waals surface area contributed by atoms with E-state index in [0.717, 1.165) is 18.5 Å². The van der Waals surface area contributed by atoms with Crippen LogP contribution >= 0.6 is 24.0 Å². The fourth-order valence-corrected chi connectivity index (χ4v) is 3.76. The van der Waals surface area contributed by atoms with Crippen LogP contribution in [0.25, 0.3) is 0 Å². The van der Waals surface area contributed by atoms with E-state index in [0.29, 0.717) is 19.0 Å². The third-order valence-corrected chi connectivity index (χ3v) is 5.68. The number of hydrogen-bond donors (Lipinski definition) is 3. The fraction of sp³-hybridized carbons (Fsp3) is 0.526. The molecule has 1 aromatic carbocycles. The van der Waals surface area contributed by atoms with Gasteiger partial charge in [0, 0.05) is 26.7 Å². The molecule has 2 rings (SSSR count). The molecule has 1 aromatic rings. The number of benzene rings is 1. The minimum atomic E-state index is -3.33. The number of aliphatic imine (C=N–C) groups is 1. The minimum absolute atomic E-state index is 0. The highest BCUT2D eigenvalue weighted by molar-refractivity contribution is 14.0. The highest BCUT2D eigenvalue weighted by Gasteiger charge is 2.10. The van der Waals surface area contributed by atoms with E-state index in [2.05, 4.69) is 26.4 Å². The Hall–Kier alpha value is -1.13. The quantitative estimate of drug-likeness (QED) is 0.208. The Bertz CT molecular complexity index is 706. The summed E-state index contributed by atoms with van der Waals surface area (Å²) in [6.45, 7) is 1.43. The lowest BCUT2D eigenvalue weighted by molar-refractivity contribution is 0.580. The molecule has 27 heavy (non-hydrogen) atoms. The molecule has 0 fully saturated rings. The Morgan fingerprint density at radius 2 is 1.85 bits per heavy atom. The van der Waals surface area contributed by atoms with E-state index in [1.165, 1.54) is 31.3 Å². The molecule has 0 atom stereocenters. The number of allylic oxidation sites excluding steroid dienone is 1. The van der Waals surface area contributed by atoms with Gasteiger partial charge in [0.15, 0.2) is 5.96 Å². The van der Waals surface area contributed by atoms with Crippen molar-refractivity contribution < 1.29 is 8.42 Å². The molecule has 8 heteroatoms. The fourth-order valence-electron chi connectivity index (χ4n) is 2.86. The minimum Gasteiger partial charge on any atom is -0.356 e. The van der Waals surface area contributed by atoms with Gasteiger partial charge < -0.3 is 10.6 Å². The maximum atomic E-state index is 12.1. The maximum absolute atomic E-state index is 12.1. The first kappa shape index (κ1) is 23.9. The molecule has 6 nitrogen and oxygen atoms in total. The third kappa shape index (κ3) is 10.1. The molecule has 0 radical (unpaired) electrons. The van der Waals surface area contributed by atoms with Gasteiger partial charge in [-0.2, -0.15) is 0 Å². The molecule has 0 saturated heterocycles. The van der Waals surface area contributed by atoms with Gasteiger partial charge in [-0.1, -0.05) is 42.0 Å². The van der Waals surface area contributed by atoms with E-state index in [-0.39, 0.29) is 29.7 Å². The van der Waals surface area contributed by atoms with Crippen LogP contribution < -0.4 is 15.4 Å². The molecular weight excluding hydrogens is 475 g/mol. The van der Waals surface area contributed by atoms with Crippen molar-refractivity contribution in [2.24, 2.45) is 4.99 Å². The van der Waals surface area contributed by atoms with Crippen LogP contribution in [0.3, 0.4) is 0 Å². The number of nitrogens with zero attached hydrogens (tertiary/aromatic N) is 1. The number of rotatable bonds is 9. The molecule has 1 aliphatic carbocycles. The zero-order chi connectivity index (χ0) is 18.7. The van der Waals surface area contributed by atoms with Gasteiger partial charge in [0.05, 0.1) is 5.75 Å². The normalized spacial score (nSPS) is 14.9. The second-order valence-electron chi connectivity index (χ2n) is 6.41. The smallest absolute Gasteiger partial charge is 0.213 e. The van der Waals surface area contributed by atoms with E-state index >= 15 is 0 Å². The largest absolute Gasteiger partial charge is 0.356 e. The lowest BCUT2D eigenvalue weighted by Crippen LogP contribution is -2.41. The highest BCUT2D eigenvalue weighted by atomic mass is 127. The lowest BCUT2D eigenvalue weighted by Gasteiger charge is -2.15. The van der Waals surface area contributed by atoms with Gasteiger partial charge in [-0.05, 0) is 37.7 Å².